The summed E-state index contributed by atoms with van der Waals surface area (Å²) in [6.07, 6.45) is 0. The Morgan fingerprint density at radius 3 is 2.86 bits per heavy atom. The van der Waals surface area contributed by atoms with Crippen molar-refractivity contribution < 1.29 is 14.4 Å². The Morgan fingerprint density at radius 2 is 2.21 bits per heavy atom. The molecule has 0 aliphatic carbocycles. The zero-order valence-electron chi connectivity index (χ0n) is 6.73. The number of rotatable bonds is 1. The molecule has 0 fully saturated rings. The molecule has 2 aromatic rings. The van der Waals surface area contributed by atoms with Gasteiger partial charge in [0.25, 0.3) is 5.69 Å². The van der Waals surface area contributed by atoms with E-state index < -0.39 is 10.7 Å². The molecule has 0 amide bonds. The zero-order valence-corrected chi connectivity index (χ0v) is 7.55. The van der Waals surface area contributed by atoms with Gasteiger partial charge in [0, 0.05) is 11.4 Å². The molecule has 0 spiro atoms. The highest BCUT2D eigenvalue weighted by Gasteiger charge is 2.19. The Balaban J connectivity index is 2.92. The first-order valence-electron chi connectivity index (χ1n) is 3.64. The highest BCUT2D eigenvalue weighted by atomic mass is 32.1. The minimum atomic E-state index is -0.645. The lowest BCUT2D eigenvalue weighted by Gasteiger charge is -1.95. The number of hydrogen-bond donors (Lipinski definition) is 1. The molecule has 0 saturated carbocycles. The molecule has 4 nitrogen and oxygen atoms in total. The summed E-state index contributed by atoms with van der Waals surface area (Å²) in [6, 6.07) is 2.07. The molecule has 0 aliphatic heterocycles. The molecule has 1 aromatic carbocycles. The first-order chi connectivity index (χ1) is 6.61. The number of fused-ring (bicyclic) bond motifs is 1. The van der Waals surface area contributed by atoms with Crippen molar-refractivity contribution in [2.24, 2.45) is 0 Å². The molecule has 6 heteroatoms. The first-order valence-corrected chi connectivity index (χ1v) is 4.52. The Morgan fingerprint density at radius 1 is 1.50 bits per heavy atom. The molecular weight excluding hydrogens is 209 g/mol. The van der Waals surface area contributed by atoms with E-state index >= 15 is 0 Å². The molecule has 0 unspecified atom stereocenters. The van der Waals surface area contributed by atoms with Crippen LogP contribution in [0.25, 0.3) is 10.1 Å². The fourth-order valence-corrected chi connectivity index (χ4v) is 2.09. The number of aromatic hydroxyl groups is 1. The number of thiophene rings is 1. The maximum atomic E-state index is 13.1. The minimum Gasteiger partial charge on any atom is -0.506 e. The summed E-state index contributed by atoms with van der Waals surface area (Å²) in [6.45, 7) is 0. The Kier molecular flexibility index (Phi) is 1.85. The smallest absolute Gasteiger partial charge is 0.282 e. The lowest BCUT2D eigenvalue weighted by molar-refractivity contribution is -0.383. The third-order valence-electron chi connectivity index (χ3n) is 1.83. The summed E-state index contributed by atoms with van der Waals surface area (Å²) in [7, 11) is 0. The number of non-ortho nitro benzene ring substituents is 1. The molecule has 0 saturated heterocycles. The molecule has 1 aromatic heterocycles. The average molecular weight is 213 g/mol. The van der Waals surface area contributed by atoms with E-state index in [-0.39, 0.29) is 21.5 Å². The number of hydrogen-bond acceptors (Lipinski definition) is 4. The Bertz CT molecular complexity index is 523. The van der Waals surface area contributed by atoms with Crippen LogP contribution in [-0.4, -0.2) is 10.0 Å². The van der Waals surface area contributed by atoms with E-state index in [9.17, 15) is 19.6 Å². The van der Waals surface area contributed by atoms with Crippen molar-refractivity contribution in [3.05, 3.63) is 33.4 Å². The van der Waals surface area contributed by atoms with Crippen LogP contribution >= 0.6 is 11.3 Å². The summed E-state index contributed by atoms with van der Waals surface area (Å²) in [4.78, 5) is 9.91. The molecule has 1 heterocycles. The van der Waals surface area contributed by atoms with Gasteiger partial charge in [-0.3, -0.25) is 10.1 Å². The van der Waals surface area contributed by atoms with E-state index in [1.54, 1.807) is 0 Å². The minimum absolute atomic E-state index is 0.0278. The van der Waals surface area contributed by atoms with Gasteiger partial charge >= 0.3 is 0 Å². The molecule has 14 heavy (non-hydrogen) atoms. The van der Waals surface area contributed by atoms with Crippen molar-refractivity contribution in [1.29, 1.82) is 0 Å². The second-order valence-corrected chi connectivity index (χ2v) is 3.53. The highest BCUT2D eigenvalue weighted by Crippen LogP contribution is 2.39. The van der Waals surface area contributed by atoms with Crippen LogP contribution in [-0.2, 0) is 0 Å². The van der Waals surface area contributed by atoms with Crippen molar-refractivity contribution >= 4 is 27.1 Å². The van der Waals surface area contributed by atoms with Crippen LogP contribution in [0.4, 0.5) is 10.1 Å². The van der Waals surface area contributed by atoms with E-state index in [0.717, 1.165) is 23.5 Å². The monoisotopic (exact) mass is 213 g/mol. The maximum Gasteiger partial charge on any atom is 0.282 e. The lowest BCUT2D eigenvalue weighted by Crippen LogP contribution is -1.89. The van der Waals surface area contributed by atoms with Gasteiger partial charge in [-0.05, 0) is 6.07 Å². The molecule has 0 radical (unpaired) electrons. The van der Waals surface area contributed by atoms with Gasteiger partial charge in [-0.15, -0.1) is 11.3 Å². The zero-order chi connectivity index (χ0) is 10.3. The van der Waals surface area contributed by atoms with Gasteiger partial charge in [0.15, 0.2) is 0 Å². The second kappa shape index (κ2) is 2.91. The summed E-state index contributed by atoms with van der Waals surface area (Å²) in [5.41, 5.74) is -0.278. The molecule has 72 valence electrons. The van der Waals surface area contributed by atoms with Crippen molar-refractivity contribution in [2.45, 2.75) is 0 Å². The highest BCUT2D eigenvalue weighted by molar-refractivity contribution is 7.17. The van der Waals surface area contributed by atoms with Crippen LogP contribution in [0, 0.1) is 15.9 Å². The van der Waals surface area contributed by atoms with E-state index in [1.807, 2.05) is 0 Å². The lowest BCUT2D eigenvalue weighted by atomic mass is 10.2. The molecule has 0 atom stereocenters. The second-order valence-electron chi connectivity index (χ2n) is 2.65. The fraction of sp³-hybridized carbons (Fsp3) is 0. The summed E-state index contributed by atoms with van der Waals surface area (Å²) >= 11 is 0.943. The third kappa shape index (κ3) is 1.12. The van der Waals surface area contributed by atoms with Crippen LogP contribution in [0.15, 0.2) is 17.5 Å². The molecule has 2 rings (SSSR count). The van der Waals surface area contributed by atoms with Gasteiger partial charge in [0.2, 0.25) is 0 Å². The van der Waals surface area contributed by atoms with E-state index in [4.69, 9.17) is 0 Å². The number of benzene rings is 1. The normalized spacial score (nSPS) is 10.6. The predicted octanol–water partition coefficient (Wildman–Crippen LogP) is 2.65. The van der Waals surface area contributed by atoms with Gasteiger partial charge in [-0.1, -0.05) is 0 Å². The van der Waals surface area contributed by atoms with Gasteiger partial charge in [-0.25, -0.2) is 4.39 Å². The van der Waals surface area contributed by atoms with Gasteiger partial charge < -0.3 is 5.11 Å². The van der Waals surface area contributed by atoms with Crippen molar-refractivity contribution in [3.8, 4) is 5.75 Å². The topological polar surface area (TPSA) is 63.4 Å². The number of nitro groups is 1. The molecule has 0 aliphatic rings. The van der Waals surface area contributed by atoms with Gasteiger partial charge in [0.1, 0.15) is 17.0 Å². The average Bonchev–Trinajstić information content (AvgIpc) is 2.50. The van der Waals surface area contributed by atoms with E-state index in [0.29, 0.717) is 0 Å². The van der Waals surface area contributed by atoms with E-state index in [2.05, 4.69) is 0 Å². The Labute approximate surface area is 81.4 Å². The van der Waals surface area contributed by atoms with Crippen LogP contribution in [0.2, 0.25) is 0 Å². The Hall–Kier alpha value is -1.69. The summed E-state index contributed by atoms with van der Waals surface area (Å²) in [5.74, 6) is -0.813. The quantitative estimate of drug-likeness (QED) is 0.585. The largest absolute Gasteiger partial charge is 0.506 e. The number of nitrogens with zero attached hydrogens (tertiary/aromatic N) is 1. The molecule has 1 N–H and O–H groups in total. The number of nitro benzene ring substituents is 1. The van der Waals surface area contributed by atoms with E-state index in [1.165, 1.54) is 5.38 Å². The fourth-order valence-electron chi connectivity index (χ4n) is 1.24. The van der Waals surface area contributed by atoms with Crippen molar-refractivity contribution in [3.63, 3.8) is 0 Å². The standard InChI is InChI=1S/C8H4FNO3S/c9-4-1-2-5(10(12)13)7-6(11)3-14-8(4)7/h1-3,11H. The maximum absolute atomic E-state index is 13.1. The molecular formula is C8H4FNO3S. The molecule has 0 bridgehead atoms. The van der Waals surface area contributed by atoms with Gasteiger partial charge in [0.05, 0.1) is 9.62 Å². The first kappa shape index (κ1) is 8.89. The summed E-state index contributed by atoms with van der Waals surface area (Å²) in [5, 5.41) is 21.1. The van der Waals surface area contributed by atoms with Gasteiger partial charge in [-0.2, -0.15) is 0 Å². The van der Waals surface area contributed by atoms with Crippen LogP contribution < -0.4 is 0 Å². The van der Waals surface area contributed by atoms with Crippen molar-refractivity contribution in [2.75, 3.05) is 0 Å². The number of halogens is 1. The van der Waals surface area contributed by atoms with Crippen LogP contribution in [0.3, 0.4) is 0 Å². The predicted molar refractivity (Wildman–Crippen MR) is 50.1 cm³/mol. The summed E-state index contributed by atoms with van der Waals surface area (Å²) < 4.78 is 13.2. The van der Waals surface area contributed by atoms with Crippen molar-refractivity contribution in [1.82, 2.24) is 0 Å². The SMILES string of the molecule is O=[N+]([O-])c1ccc(F)c2scc(O)c12. The van der Waals surface area contributed by atoms with Crippen LogP contribution in [0.1, 0.15) is 0 Å². The third-order valence-corrected chi connectivity index (χ3v) is 2.80. The van der Waals surface area contributed by atoms with Crippen LogP contribution in [0.5, 0.6) is 5.75 Å².